The second kappa shape index (κ2) is 6.31. The van der Waals surface area contributed by atoms with Gasteiger partial charge in [0.15, 0.2) is 0 Å². The van der Waals surface area contributed by atoms with Crippen LogP contribution in [-0.4, -0.2) is 54.1 Å². The van der Waals surface area contributed by atoms with Crippen LogP contribution in [0.15, 0.2) is 0 Å². The van der Waals surface area contributed by atoms with Crippen LogP contribution >= 0.6 is 0 Å². The SMILES string of the molecule is CC(C)(C)OC(=O)N1CCC(O)C(CC2CCOC2)C1. The van der Waals surface area contributed by atoms with Gasteiger partial charge in [-0.2, -0.15) is 0 Å². The Morgan fingerprint density at radius 2 is 2.15 bits per heavy atom. The molecule has 0 spiro atoms. The second-order valence-electron chi connectivity index (χ2n) is 7.01. The van der Waals surface area contributed by atoms with Gasteiger partial charge in [-0.05, 0) is 46.0 Å². The monoisotopic (exact) mass is 285 g/mol. The number of piperidine rings is 1. The van der Waals surface area contributed by atoms with Gasteiger partial charge in [0.05, 0.1) is 6.10 Å². The summed E-state index contributed by atoms with van der Waals surface area (Å²) in [5, 5.41) is 10.1. The number of hydrogen-bond acceptors (Lipinski definition) is 4. The van der Waals surface area contributed by atoms with Crippen LogP contribution in [0.5, 0.6) is 0 Å². The molecule has 0 aromatic rings. The minimum Gasteiger partial charge on any atom is -0.444 e. The van der Waals surface area contributed by atoms with Crippen molar-refractivity contribution in [1.82, 2.24) is 4.90 Å². The molecule has 2 aliphatic heterocycles. The number of likely N-dealkylation sites (tertiary alicyclic amines) is 1. The summed E-state index contributed by atoms with van der Waals surface area (Å²) in [4.78, 5) is 13.8. The largest absolute Gasteiger partial charge is 0.444 e. The maximum absolute atomic E-state index is 12.1. The van der Waals surface area contributed by atoms with E-state index in [1.54, 1.807) is 4.90 Å². The number of carbonyl (C=O) groups is 1. The van der Waals surface area contributed by atoms with E-state index in [9.17, 15) is 9.90 Å². The molecule has 116 valence electrons. The molecule has 2 saturated heterocycles. The highest BCUT2D eigenvalue weighted by Crippen LogP contribution is 2.28. The highest BCUT2D eigenvalue weighted by molar-refractivity contribution is 5.68. The maximum Gasteiger partial charge on any atom is 0.410 e. The lowest BCUT2D eigenvalue weighted by molar-refractivity contribution is -0.0134. The minimum absolute atomic E-state index is 0.142. The average molecular weight is 285 g/mol. The first-order chi connectivity index (χ1) is 9.35. The molecule has 20 heavy (non-hydrogen) atoms. The van der Waals surface area contributed by atoms with Crippen LogP contribution in [0.3, 0.4) is 0 Å². The quantitative estimate of drug-likeness (QED) is 0.843. The number of amides is 1. The summed E-state index contributed by atoms with van der Waals surface area (Å²) in [6.07, 6.45) is 2.06. The molecule has 2 aliphatic rings. The fraction of sp³-hybridized carbons (Fsp3) is 0.933. The standard InChI is InChI=1S/C15H27NO4/c1-15(2,3)20-14(18)16-6-4-13(17)12(9-16)8-11-5-7-19-10-11/h11-13,17H,4-10H2,1-3H3. The van der Waals surface area contributed by atoms with E-state index in [-0.39, 0.29) is 18.1 Å². The van der Waals surface area contributed by atoms with Crippen LogP contribution in [0, 0.1) is 11.8 Å². The van der Waals surface area contributed by atoms with E-state index in [4.69, 9.17) is 9.47 Å². The highest BCUT2D eigenvalue weighted by Gasteiger charge is 2.34. The van der Waals surface area contributed by atoms with Crippen molar-refractivity contribution in [3.8, 4) is 0 Å². The second-order valence-corrected chi connectivity index (χ2v) is 7.01. The summed E-state index contributed by atoms with van der Waals surface area (Å²) >= 11 is 0. The number of rotatable bonds is 2. The number of ether oxygens (including phenoxy) is 2. The van der Waals surface area contributed by atoms with Crippen molar-refractivity contribution in [2.24, 2.45) is 11.8 Å². The molecule has 3 unspecified atom stereocenters. The van der Waals surface area contributed by atoms with Crippen molar-refractivity contribution in [1.29, 1.82) is 0 Å². The lowest BCUT2D eigenvalue weighted by Crippen LogP contribution is -2.48. The Balaban J connectivity index is 1.88. The number of aliphatic hydroxyl groups excluding tert-OH is 1. The molecule has 1 amide bonds. The fourth-order valence-corrected chi connectivity index (χ4v) is 2.94. The van der Waals surface area contributed by atoms with E-state index in [1.807, 2.05) is 20.8 Å². The third kappa shape index (κ3) is 4.35. The Morgan fingerprint density at radius 3 is 2.75 bits per heavy atom. The van der Waals surface area contributed by atoms with Crippen LogP contribution in [0.1, 0.15) is 40.0 Å². The van der Waals surface area contributed by atoms with Crippen LogP contribution in [0.25, 0.3) is 0 Å². The first-order valence-electron chi connectivity index (χ1n) is 7.59. The number of nitrogens with zero attached hydrogens (tertiary/aromatic N) is 1. The third-order valence-corrected chi connectivity index (χ3v) is 4.01. The molecule has 5 nitrogen and oxygen atoms in total. The van der Waals surface area contributed by atoms with Gasteiger partial charge in [-0.3, -0.25) is 0 Å². The lowest BCUT2D eigenvalue weighted by Gasteiger charge is -2.37. The van der Waals surface area contributed by atoms with Crippen LogP contribution in [0.2, 0.25) is 0 Å². The molecule has 1 N–H and O–H groups in total. The van der Waals surface area contributed by atoms with E-state index in [0.717, 1.165) is 26.1 Å². The fourth-order valence-electron chi connectivity index (χ4n) is 2.94. The first-order valence-corrected chi connectivity index (χ1v) is 7.59. The van der Waals surface area contributed by atoms with Crippen LogP contribution in [0.4, 0.5) is 4.79 Å². The van der Waals surface area contributed by atoms with Crippen LogP contribution < -0.4 is 0 Å². The Morgan fingerprint density at radius 1 is 1.40 bits per heavy atom. The number of aliphatic hydroxyl groups is 1. The van der Waals surface area contributed by atoms with Crippen molar-refractivity contribution in [3.05, 3.63) is 0 Å². The summed E-state index contributed by atoms with van der Waals surface area (Å²) in [6, 6.07) is 0. The molecule has 3 atom stereocenters. The molecule has 0 radical (unpaired) electrons. The summed E-state index contributed by atoms with van der Waals surface area (Å²) in [7, 11) is 0. The van der Waals surface area contributed by atoms with Gasteiger partial charge in [-0.15, -0.1) is 0 Å². The molecule has 0 bridgehead atoms. The summed E-state index contributed by atoms with van der Waals surface area (Å²) < 4.78 is 10.8. The Bertz CT molecular complexity index is 333. The lowest BCUT2D eigenvalue weighted by atomic mass is 9.86. The molecule has 0 aliphatic carbocycles. The zero-order chi connectivity index (χ0) is 14.8. The Labute approximate surface area is 121 Å². The van der Waals surface area contributed by atoms with Gasteiger partial charge >= 0.3 is 6.09 Å². The van der Waals surface area contributed by atoms with E-state index < -0.39 is 5.60 Å². The molecule has 2 heterocycles. The van der Waals surface area contributed by atoms with Crippen molar-refractivity contribution in [2.75, 3.05) is 26.3 Å². The van der Waals surface area contributed by atoms with Crippen LogP contribution in [-0.2, 0) is 9.47 Å². The van der Waals surface area contributed by atoms with Crippen molar-refractivity contribution in [2.45, 2.75) is 51.7 Å². The smallest absolute Gasteiger partial charge is 0.410 e. The molecular formula is C15H27NO4. The minimum atomic E-state index is -0.470. The van der Waals surface area contributed by atoms with Crippen molar-refractivity contribution in [3.63, 3.8) is 0 Å². The molecule has 0 aromatic heterocycles. The van der Waals surface area contributed by atoms with Crippen molar-refractivity contribution < 1.29 is 19.4 Å². The first kappa shape index (κ1) is 15.6. The van der Waals surface area contributed by atoms with Gasteiger partial charge < -0.3 is 19.5 Å². The van der Waals surface area contributed by atoms with E-state index in [2.05, 4.69) is 0 Å². The van der Waals surface area contributed by atoms with Gasteiger partial charge in [0.2, 0.25) is 0 Å². The van der Waals surface area contributed by atoms with Gasteiger partial charge in [-0.25, -0.2) is 4.79 Å². The molecule has 5 heteroatoms. The Hall–Kier alpha value is -0.810. The van der Waals surface area contributed by atoms with Gasteiger partial charge in [-0.1, -0.05) is 0 Å². The zero-order valence-electron chi connectivity index (χ0n) is 12.8. The summed E-state index contributed by atoms with van der Waals surface area (Å²) in [6.45, 7) is 8.39. The predicted molar refractivity (Wildman–Crippen MR) is 75.5 cm³/mol. The average Bonchev–Trinajstić information content (AvgIpc) is 2.82. The van der Waals surface area contributed by atoms with Gasteiger partial charge in [0, 0.05) is 32.2 Å². The summed E-state index contributed by atoms with van der Waals surface area (Å²) in [5.41, 5.74) is -0.470. The van der Waals surface area contributed by atoms with E-state index >= 15 is 0 Å². The molecule has 0 saturated carbocycles. The predicted octanol–water partition coefficient (Wildman–Crippen LogP) is 2.03. The topological polar surface area (TPSA) is 59.0 Å². The van der Waals surface area contributed by atoms with Crippen molar-refractivity contribution >= 4 is 6.09 Å². The molecule has 2 fully saturated rings. The normalized spacial score (nSPS) is 31.4. The highest BCUT2D eigenvalue weighted by atomic mass is 16.6. The number of hydrogen-bond donors (Lipinski definition) is 1. The van der Waals surface area contributed by atoms with Gasteiger partial charge in [0.1, 0.15) is 5.60 Å². The maximum atomic E-state index is 12.1. The molecular weight excluding hydrogens is 258 g/mol. The van der Waals surface area contributed by atoms with E-state index in [1.165, 1.54) is 0 Å². The zero-order valence-corrected chi connectivity index (χ0v) is 12.8. The molecule has 0 aromatic carbocycles. The molecule has 2 rings (SSSR count). The van der Waals surface area contributed by atoms with E-state index in [0.29, 0.717) is 25.4 Å². The number of carbonyl (C=O) groups excluding carboxylic acids is 1. The van der Waals surface area contributed by atoms with Gasteiger partial charge in [0.25, 0.3) is 0 Å². The third-order valence-electron chi connectivity index (χ3n) is 4.01. The summed E-state index contributed by atoms with van der Waals surface area (Å²) in [5.74, 6) is 0.663. The Kier molecular flexibility index (Phi) is 4.91.